The third-order valence-corrected chi connectivity index (χ3v) is 2.31. The van der Waals surface area contributed by atoms with E-state index in [2.05, 4.69) is 19.1 Å². The van der Waals surface area contributed by atoms with Crippen LogP contribution in [0, 0.1) is 0 Å². The third-order valence-electron chi connectivity index (χ3n) is 2.31. The summed E-state index contributed by atoms with van der Waals surface area (Å²) in [7, 11) is 0. The molecule has 0 spiro atoms. The Morgan fingerprint density at radius 3 is 2.62 bits per heavy atom. The van der Waals surface area contributed by atoms with E-state index in [1.54, 1.807) is 0 Å². The van der Waals surface area contributed by atoms with Crippen molar-refractivity contribution >= 4 is 0 Å². The van der Waals surface area contributed by atoms with E-state index in [0.29, 0.717) is 6.54 Å². The van der Waals surface area contributed by atoms with Crippen molar-refractivity contribution in [3.63, 3.8) is 0 Å². The van der Waals surface area contributed by atoms with Gasteiger partial charge in [-0.1, -0.05) is 31.2 Å². The smallest absolute Gasteiger partial charge is 0.0294 e. The Kier molecular flexibility index (Phi) is 3.93. The van der Waals surface area contributed by atoms with E-state index in [1.165, 1.54) is 11.1 Å². The molecule has 4 N–H and O–H groups in total. The van der Waals surface area contributed by atoms with Gasteiger partial charge in [0.2, 0.25) is 0 Å². The van der Waals surface area contributed by atoms with Crippen molar-refractivity contribution in [1.82, 2.24) is 0 Å². The molecule has 0 amide bonds. The Balaban J connectivity index is 2.90. The van der Waals surface area contributed by atoms with Crippen molar-refractivity contribution in [3.05, 3.63) is 35.4 Å². The largest absolute Gasteiger partial charge is 0.330 e. The van der Waals surface area contributed by atoms with Crippen LogP contribution in [-0.2, 0) is 6.42 Å². The van der Waals surface area contributed by atoms with Gasteiger partial charge in [0.15, 0.2) is 0 Å². The summed E-state index contributed by atoms with van der Waals surface area (Å²) in [6, 6.07) is 8.43. The summed E-state index contributed by atoms with van der Waals surface area (Å²) in [5, 5.41) is 0. The number of rotatable bonds is 4. The van der Waals surface area contributed by atoms with Gasteiger partial charge < -0.3 is 11.5 Å². The zero-order chi connectivity index (χ0) is 9.68. The summed E-state index contributed by atoms with van der Waals surface area (Å²) in [5.41, 5.74) is 14.1. The zero-order valence-electron chi connectivity index (χ0n) is 8.16. The highest BCUT2D eigenvalue weighted by molar-refractivity contribution is 5.30. The van der Waals surface area contributed by atoms with Crippen LogP contribution in [0.5, 0.6) is 0 Å². The first-order valence-electron chi connectivity index (χ1n) is 4.83. The number of hydrogen-bond donors (Lipinski definition) is 2. The lowest BCUT2D eigenvalue weighted by Crippen LogP contribution is -2.13. The van der Waals surface area contributed by atoms with Crippen LogP contribution < -0.4 is 11.5 Å². The molecule has 2 nitrogen and oxygen atoms in total. The minimum Gasteiger partial charge on any atom is -0.330 e. The second kappa shape index (κ2) is 5.00. The lowest BCUT2D eigenvalue weighted by Gasteiger charge is -2.13. The Morgan fingerprint density at radius 2 is 2.00 bits per heavy atom. The summed E-state index contributed by atoms with van der Waals surface area (Å²) >= 11 is 0. The monoisotopic (exact) mass is 178 g/mol. The molecule has 0 radical (unpaired) electrons. The van der Waals surface area contributed by atoms with E-state index in [4.69, 9.17) is 11.5 Å². The molecular formula is C11H18N2. The molecule has 1 aromatic carbocycles. The predicted molar refractivity (Wildman–Crippen MR) is 56.4 cm³/mol. The summed E-state index contributed by atoms with van der Waals surface area (Å²) < 4.78 is 0. The van der Waals surface area contributed by atoms with Crippen molar-refractivity contribution in [3.8, 4) is 0 Å². The van der Waals surface area contributed by atoms with E-state index in [9.17, 15) is 0 Å². The zero-order valence-corrected chi connectivity index (χ0v) is 8.16. The molecule has 0 saturated heterocycles. The fourth-order valence-corrected chi connectivity index (χ4v) is 1.50. The van der Waals surface area contributed by atoms with Gasteiger partial charge >= 0.3 is 0 Å². The first-order valence-corrected chi connectivity index (χ1v) is 4.83. The van der Waals surface area contributed by atoms with Gasteiger partial charge in [0, 0.05) is 6.04 Å². The SMILES string of the molecule is CC[C@@H](N)c1ccccc1CCN. The Hall–Kier alpha value is -0.860. The normalized spacial score (nSPS) is 12.8. The molecule has 2 heteroatoms. The van der Waals surface area contributed by atoms with Gasteiger partial charge in [-0.05, 0) is 30.5 Å². The fourth-order valence-electron chi connectivity index (χ4n) is 1.50. The molecular weight excluding hydrogens is 160 g/mol. The van der Waals surface area contributed by atoms with Crippen LogP contribution in [0.2, 0.25) is 0 Å². The minimum atomic E-state index is 0.155. The van der Waals surface area contributed by atoms with E-state index >= 15 is 0 Å². The van der Waals surface area contributed by atoms with E-state index < -0.39 is 0 Å². The number of hydrogen-bond acceptors (Lipinski definition) is 2. The Morgan fingerprint density at radius 1 is 1.31 bits per heavy atom. The molecule has 0 unspecified atom stereocenters. The van der Waals surface area contributed by atoms with Crippen molar-refractivity contribution in [1.29, 1.82) is 0 Å². The molecule has 72 valence electrons. The van der Waals surface area contributed by atoms with Crippen LogP contribution in [0.1, 0.15) is 30.5 Å². The van der Waals surface area contributed by atoms with E-state index in [1.807, 2.05) is 12.1 Å². The molecule has 0 heterocycles. The van der Waals surface area contributed by atoms with Gasteiger partial charge in [0.25, 0.3) is 0 Å². The van der Waals surface area contributed by atoms with Gasteiger partial charge in [-0.25, -0.2) is 0 Å². The molecule has 0 aromatic heterocycles. The van der Waals surface area contributed by atoms with Crippen LogP contribution >= 0.6 is 0 Å². The van der Waals surface area contributed by atoms with Crippen molar-refractivity contribution in [2.45, 2.75) is 25.8 Å². The van der Waals surface area contributed by atoms with Crippen LogP contribution in [0.15, 0.2) is 24.3 Å². The Bertz CT molecular complexity index is 258. The van der Waals surface area contributed by atoms with Crippen molar-refractivity contribution in [2.24, 2.45) is 11.5 Å². The maximum Gasteiger partial charge on any atom is 0.0294 e. The molecule has 0 aliphatic carbocycles. The summed E-state index contributed by atoms with van der Waals surface area (Å²) in [6.45, 7) is 2.79. The van der Waals surface area contributed by atoms with E-state index in [-0.39, 0.29) is 6.04 Å². The van der Waals surface area contributed by atoms with Crippen LogP contribution in [0.25, 0.3) is 0 Å². The molecule has 0 saturated carbocycles. The molecule has 0 fully saturated rings. The molecule has 1 rings (SSSR count). The lowest BCUT2D eigenvalue weighted by atomic mass is 9.97. The van der Waals surface area contributed by atoms with E-state index in [0.717, 1.165) is 12.8 Å². The molecule has 0 aliphatic heterocycles. The molecule has 1 aromatic rings. The standard InChI is InChI=1S/C11H18N2/c1-2-11(13)10-6-4-3-5-9(10)7-8-12/h3-6,11H,2,7-8,12-13H2,1H3/t11-/m1/s1. The van der Waals surface area contributed by atoms with Gasteiger partial charge in [-0.15, -0.1) is 0 Å². The third kappa shape index (κ3) is 2.54. The quantitative estimate of drug-likeness (QED) is 0.735. The summed E-state index contributed by atoms with van der Waals surface area (Å²) in [4.78, 5) is 0. The minimum absolute atomic E-state index is 0.155. The van der Waals surface area contributed by atoms with Gasteiger partial charge in [-0.3, -0.25) is 0 Å². The first kappa shape index (κ1) is 10.2. The van der Waals surface area contributed by atoms with Crippen molar-refractivity contribution < 1.29 is 0 Å². The van der Waals surface area contributed by atoms with Crippen molar-refractivity contribution in [2.75, 3.05) is 6.54 Å². The van der Waals surface area contributed by atoms with Gasteiger partial charge in [0.1, 0.15) is 0 Å². The van der Waals surface area contributed by atoms with Crippen LogP contribution in [0.4, 0.5) is 0 Å². The highest BCUT2D eigenvalue weighted by Gasteiger charge is 2.07. The van der Waals surface area contributed by atoms with Gasteiger partial charge in [0.05, 0.1) is 0 Å². The molecule has 0 aliphatic rings. The maximum atomic E-state index is 5.98. The second-order valence-electron chi connectivity index (χ2n) is 3.25. The maximum absolute atomic E-state index is 5.98. The first-order chi connectivity index (χ1) is 6.29. The lowest BCUT2D eigenvalue weighted by molar-refractivity contribution is 0.688. The topological polar surface area (TPSA) is 52.0 Å². The summed E-state index contributed by atoms with van der Waals surface area (Å²) in [5.74, 6) is 0. The summed E-state index contributed by atoms with van der Waals surface area (Å²) in [6.07, 6.45) is 1.89. The molecule has 13 heavy (non-hydrogen) atoms. The molecule has 0 bridgehead atoms. The Labute approximate surface area is 79.9 Å². The fraction of sp³-hybridized carbons (Fsp3) is 0.455. The van der Waals surface area contributed by atoms with Gasteiger partial charge in [-0.2, -0.15) is 0 Å². The molecule has 1 atom stereocenters. The number of benzene rings is 1. The average molecular weight is 178 g/mol. The van der Waals surface area contributed by atoms with Crippen LogP contribution in [-0.4, -0.2) is 6.54 Å². The highest BCUT2D eigenvalue weighted by atomic mass is 14.6. The highest BCUT2D eigenvalue weighted by Crippen LogP contribution is 2.18. The average Bonchev–Trinajstić information content (AvgIpc) is 2.18. The number of nitrogens with two attached hydrogens (primary N) is 2. The van der Waals surface area contributed by atoms with Crippen LogP contribution in [0.3, 0.4) is 0 Å². The predicted octanol–water partition coefficient (Wildman–Crippen LogP) is 1.60. The second-order valence-corrected chi connectivity index (χ2v) is 3.25.